The van der Waals surface area contributed by atoms with Crippen molar-refractivity contribution in [1.82, 2.24) is 25.4 Å². The van der Waals surface area contributed by atoms with Gasteiger partial charge in [0.2, 0.25) is 5.91 Å². The molecule has 1 spiro atoms. The SMILES string of the molecule is C[C@H]1COc2ccccc2CCCCC2(CCN(C(=O)c3ccc(-c4ncn[nH]4)cc3)CC2)C(=O)N1. The van der Waals surface area contributed by atoms with E-state index < -0.39 is 5.41 Å². The van der Waals surface area contributed by atoms with Crippen molar-refractivity contribution in [3.05, 3.63) is 66.0 Å². The van der Waals surface area contributed by atoms with Crippen molar-refractivity contribution in [2.24, 2.45) is 5.41 Å². The zero-order valence-electron chi connectivity index (χ0n) is 20.7. The maximum absolute atomic E-state index is 13.5. The van der Waals surface area contributed by atoms with Crippen molar-refractivity contribution in [2.45, 2.75) is 51.5 Å². The second-order valence-electron chi connectivity index (χ2n) is 9.98. The smallest absolute Gasteiger partial charge is 0.253 e. The predicted octanol–water partition coefficient (Wildman–Crippen LogP) is 4.00. The van der Waals surface area contributed by atoms with Gasteiger partial charge in [-0.25, -0.2) is 4.98 Å². The van der Waals surface area contributed by atoms with E-state index in [4.69, 9.17) is 4.74 Å². The highest BCUT2D eigenvalue weighted by Gasteiger charge is 2.42. The molecule has 5 rings (SSSR count). The molecule has 0 bridgehead atoms. The summed E-state index contributed by atoms with van der Waals surface area (Å²) < 4.78 is 6.05. The summed E-state index contributed by atoms with van der Waals surface area (Å²) in [5.41, 5.74) is 2.30. The molecule has 1 saturated heterocycles. The van der Waals surface area contributed by atoms with Gasteiger partial charge in [0.15, 0.2) is 5.82 Å². The van der Waals surface area contributed by atoms with Gasteiger partial charge in [-0.1, -0.05) is 36.8 Å². The van der Waals surface area contributed by atoms with Gasteiger partial charge in [0.05, 0.1) is 11.5 Å². The van der Waals surface area contributed by atoms with E-state index >= 15 is 0 Å². The highest BCUT2D eigenvalue weighted by molar-refractivity contribution is 5.95. The topological polar surface area (TPSA) is 100 Å². The number of amides is 2. The maximum atomic E-state index is 13.5. The van der Waals surface area contributed by atoms with Crippen molar-refractivity contribution in [1.29, 1.82) is 0 Å². The average Bonchev–Trinajstić information content (AvgIpc) is 3.45. The summed E-state index contributed by atoms with van der Waals surface area (Å²) in [4.78, 5) is 32.7. The Labute approximate surface area is 211 Å². The largest absolute Gasteiger partial charge is 0.491 e. The Hall–Kier alpha value is -3.68. The molecule has 0 radical (unpaired) electrons. The van der Waals surface area contributed by atoms with Gasteiger partial charge >= 0.3 is 0 Å². The number of hydrogen-bond acceptors (Lipinski definition) is 5. The van der Waals surface area contributed by atoms with Crippen molar-refractivity contribution < 1.29 is 14.3 Å². The molecule has 2 aliphatic rings. The first-order valence-electron chi connectivity index (χ1n) is 12.8. The van der Waals surface area contributed by atoms with Gasteiger partial charge in [0.1, 0.15) is 18.7 Å². The summed E-state index contributed by atoms with van der Waals surface area (Å²) in [6.07, 6.45) is 6.55. The average molecular weight is 488 g/mol. The number of likely N-dealkylation sites (tertiary alicyclic amines) is 1. The van der Waals surface area contributed by atoms with Crippen LogP contribution >= 0.6 is 0 Å². The van der Waals surface area contributed by atoms with Gasteiger partial charge in [-0.15, -0.1) is 0 Å². The van der Waals surface area contributed by atoms with Crippen LogP contribution in [0.5, 0.6) is 5.75 Å². The summed E-state index contributed by atoms with van der Waals surface area (Å²) in [7, 11) is 0. The number of rotatable bonds is 2. The lowest BCUT2D eigenvalue weighted by molar-refractivity contribution is -0.135. The Morgan fingerprint density at radius 1 is 1.06 bits per heavy atom. The summed E-state index contributed by atoms with van der Waals surface area (Å²) in [6, 6.07) is 15.5. The summed E-state index contributed by atoms with van der Waals surface area (Å²) in [5, 5.41) is 9.91. The minimum absolute atomic E-state index is 0.000840. The number of fused-ring (bicyclic) bond motifs is 1. The molecule has 3 aromatic rings. The molecule has 3 heterocycles. The van der Waals surface area contributed by atoms with Gasteiger partial charge in [-0.2, -0.15) is 5.10 Å². The molecule has 8 nitrogen and oxygen atoms in total. The Morgan fingerprint density at radius 3 is 2.58 bits per heavy atom. The third kappa shape index (κ3) is 5.12. The van der Waals surface area contributed by atoms with Crippen molar-refractivity contribution in [3.63, 3.8) is 0 Å². The van der Waals surface area contributed by atoms with Crippen LogP contribution in [0.2, 0.25) is 0 Å². The number of benzene rings is 2. The first-order chi connectivity index (χ1) is 17.5. The van der Waals surface area contributed by atoms with E-state index in [9.17, 15) is 9.59 Å². The minimum atomic E-state index is -0.445. The molecule has 2 amide bonds. The third-order valence-corrected chi connectivity index (χ3v) is 7.50. The molecule has 2 aromatic carbocycles. The van der Waals surface area contributed by atoms with Crippen LogP contribution in [-0.2, 0) is 11.2 Å². The molecule has 2 aliphatic heterocycles. The van der Waals surface area contributed by atoms with Crippen molar-refractivity contribution >= 4 is 11.8 Å². The Bertz CT molecular complexity index is 1180. The number of hydrogen-bond donors (Lipinski definition) is 2. The summed E-state index contributed by atoms with van der Waals surface area (Å²) in [5.74, 6) is 1.68. The number of carbonyl (C=O) groups excluding carboxylic acids is 2. The molecule has 36 heavy (non-hydrogen) atoms. The molecule has 8 heteroatoms. The normalized spacial score (nSPS) is 20.4. The highest BCUT2D eigenvalue weighted by atomic mass is 16.5. The van der Waals surface area contributed by atoms with Gasteiger partial charge in [0.25, 0.3) is 5.91 Å². The molecular formula is C28H33N5O3. The lowest BCUT2D eigenvalue weighted by Crippen LogP contribution is -2.52. The fourth-order valence-electron chi connectivity index (χ4n) is 5.29. The van der Waals surface area contributed by atoms with Gasteiger partial charge in [-0.05, 0) is 62.8 Å². The molecular weight excluding hydrogens is 454 g/mol. The van der Waals surface area contributed by atoms with Gasteiger partial charge in [-0.3, -0.25) is 14.7 Å². The number of nitrogens with zero attached hydrogens (tertiary/aromatic N) is 3. The number of nitrogens with one attached hydrogen (secondary N) is 2. The zero-order chi connectivity index (χ0) is 25.0. The second kappa shape index (κ2) is 10.5. The zero-order valence-corrected chi connectivity index (χ0v) is 20.7. The fraction of sp³-hybridized carbons (Fsp3) is 0.429. The number of aryl methyl sites for hydroxylation is 1. The van der Waals surface area contributed by atoms with Gasteiger partial charge < -0.3 is 15.0 Å². The van der Waals surface area contributed by atoms with Crippen LogP contribution in [-0.4, -0.2) is 57.6 Å². The molecule has 1 aromatic heterocycles. The summed E-state index contributed by atoms with van der Waals surface area (Å²) in [6.45, 7) is 3.57. The van der Waals surface area contributed by atoms with E-state index in [1.165, 1.54) is 11.9 Å². The van der Waals surface area contributed by atoms with Crippen molar-refractivity contribution in [2.75, 3.05) is 19.7 Å². The first-order valence-corrected chi connectivity index (χ1v) is 12.8. The van der Waals surface area contributed by atoms with Gasteiger partial charge in [0, 0.05) is 24.2 Å². The number of aromatic amines is 1. The van der Waals surface area contributed by atoms with Crippen LogP contribution in [0.1, 0.15) is 54.9 Å². The van der Waals surface area contributed by atoms with Crippen LogP contribution in [0, 0.1) is 5.41 Å². The lowest BCUT2D eigenvalue weighted by atomic mass is 9.73. The Morgan fingerprint density at radius 2 is 1.83 bits per heavy atom. The number of piperidine rings is 1. The standard InChI is InChI=1S/C28H33N5O3/c1-20-18-36-24-8-3-2-6-21(24)7-4-5-13-28(27(35)31-20)14-16-33(17-15-28)26(34)23-11-9-22(10-12-23)25-29-19-30-32-25/h2-3,6,8-12,19-20H,4-5,7,13-18H2,1H3,(H,31,35)(H,29,30,32)/t20-/m0/s1. The third-order valence-electron chi connectivity index (χ3n) is 7.50. The van der Waals surface area contributed by atoms with Crippen LogP contribution < -0.4 is 10.1 Å². The monoisotopic (exact) mass is 487 g/mol. The van der Waals surface area contributed by atoms with Crippen LogP contribution in [0.4, 0.5) is 0 Å². The fourth-order valence-corrected chi connectivity index (χ4v) is 5.29. The van der Waals surface area contributed by atoms with E-state index in [0.717, 1.165) is 37.0 Å². The van der Waals surface area contributed by atoms with Crippen LogP contribution in [0.25, 0.3) is 11.4 Å². The predicted molar refractivity (Wildman–Crippen MR) is 136 cm³/mol. The minimum Gasteiger partial charge on any atom is -0.491 e. The number of aromatic nitrogens is 3. The number of carbonyl (C=O) groups is 2. The van der Waals surface area contributed by atoms with E-state index in [1.54, 1.807) is 0 Å². The van der Waals surface area contributed by atoms with Crippen LogP contribution in [0.3, 0.4) is 0 Å². The lowest BCUT2D eigenvalue weighted by Gasteiger charge is -2.41. The molecule has 2 N–H and O–H groups in total. The highest BCUT2D eigenvalue weighted by Crippen LogP contribution is 2.38. The van der Waals surface area contributed by atoms with E-state index in [-0.39, 0.29) is 17.9 Å². The molecule has 0 saturated carbocycles. The second-order valence-corrected chi connectivity index (χ2v) is 9.98. The molecule has 0 unspecified atom stereocenters. The maximum Gasteiger partial charge on any atom is 0.253 e. The molecule has 1 atom stereocenters. The molecule has 1 fully saturated rings. The van der Waals surface area contributed by atoms with Crippen LogP contribution in [0.15, 0.2) is 54.9 Å². The van der Waals surface area contributed by atoms with Crippen molar-refractivity contribution in [3.8, 4) is 17.1 Å². The summed E-state index contributed by atoms with van der Waals surface area (Å²) >= 11 is 0. The number of ether oxygens (including phenoxy) is 1. The number of para-hydroxylation sites is 1. The molecule has 0 aliphatic carbocycles. The molecule has 188 valence electrons. The van der Waals surface area contributed by atoms with E-state index in [2.05, 4.69) is 32.6 Å². The van der Waals surface area contributed by atoms with E-state index in [1.807, 2.05) is 48.2 Å². The first kappa shape index (κ1) is 24.0. The quantitative estimate of drug-likeness (QED) is 0.569. The Balaban J connectivity index is 1.24. The Kier molecular flexibility index (Phi) is 7.02. The number of H-pyrrole nitrogens is 1. The van der Waals surface area contributed by atoms with E-state index in [0.29, 0.717) is 43.9 Å².